The fraction of sp³-hybridized carbons (Fsp3) is 0.667. The van der Waals surface area contributed by atoms with Crippen molar-refractivity contribution in [2.75, 3.05) is 19.8 Å². The molecule has 0 aliphatic carbocycles. The van der Waals surface area contributed by atoms with Gasteiger partial charge in [-0.25, -0.2) is 0 Å². The van der Waals surface area contributed by atoms with E-state index in [1.165, 1.54) is 57.8 Å². The largest absolute Gasteiger partial charge is 0.381 e. The number of guanidine groups is 2. The van der Waals surface area contributed by atoms with Crippen molar-refractivity contribution < 1.29 is 4.74 Å². The number of ether oxygens (including phenoxy) is 1. The van der Waals surface area contributed by atoms with Crippen molar-refractivity contribution in [1.29, 1.82) is 0 Å². The Kier molecular flexibility index (Phi) is 16.6. The van der Waals surface area contributed by atoms with E-state index in [0.717, 1.165) is 31.6 Å². The fourth-order valence-electron chi connectivity index (χ4n) is 3.44. The van der Waals surface area contributed by atoms with Gasteiger partial charge in [0.15, 0.2) is 5.96 Å². The summed E-state index contributed by atoms with van der Waals surface area (Å²) in [5.74, 6) is 0.259. The van der Waals surface area contributed by atoms with Crippen LogP contribution in [0.15, 0.2) is 39.8 Å². The number of unbranched alkanes of at least 4 members (excludes halogenated alkanes) is 9. The number of aliphatic imine (C=N–C) groups is 1. The van der Waals surface area contributed by atoms with Gasteiger partial charge in [0.25, 0.3) is 0 Å². The van der Waals surface area contributed by atoms with Gasteiger partial charge in [0.2, 0.25) is 5.96 Å². The molecule has 1 rings (SSSR count). The number of halogens is 1. The molecule has 0 fully saturated rings. The molecule has 4 N–H and O–H groups in total. The van der Waals surface area contributed by atoms with Gasteiger partial charge in [0.1, 0.15) is 0 Å². The highest BCUT2D eigenvalue weighted by molar-refractivity contribution is 6.20. The Morgan fingerprint density at radius 3 is 2.06 bits per heavy atom. The van der Waals surface area contributed by atoms with Gasteiger partial charge in [-0.2, -0.15) is 4.99 Å². The minimum atomic E-state index is -0.0468. The molecule has 7 heteroatoms. The number of benzene rings is 1. The normalized spacial score (nSPS) is 12.3. The summed E-state index contributed by atoms with van der Waals surface area (Å²) in [4.78, 5) is 6.02. The second kappa shape index (κ2) is 18.9. The standard InChI is InChI=1S/C24H42ClN5O/c1-2-3-4-5-6-7-8-9-10-14-19-31-20-15-18-30(24(27)28-23(26)29-25)21-22-16-12-11-13-17-22/h11-13,16-17H,2-10,14-15,18-21H2,1H3,(H4,26,27,28,29). The minimum Gasteiger partial charge on any atom is -0.381 e. The molecule has 0 aromatic heterocycles. The maximum absolute atomic E-state index is 6.11. The summed E-state index contributed by atoms with van der Waals surface area (Å²) in [5, 5.41) is 0. The van der Waals surface area contributed by atoms with Crippen LogP contribution in [0.25, 0.3) is 0 Å². The van der Waals surface area contributed by atoms with Crippen molar-refractivity contribution in [3.63, 3.8) is 0 Å². The summed E-state index contributed by atoms with van der Waals surface area (Å²) < 4.78 is 9.15. The lowest BCUT2D eigenvalue weighted by Gasteiger charge is -2.23. The molecule has 176 valence electrons. The Morgan fingerprint density at radius 2 is 1.45 bits per heavy atom. The van der Waals surface area contributed by atoms with Gasteiger partial charge in [-0.15, -0.1) is 4.51 Å². The molecule has 0 radical (unpaired) electrons. The number of hydrogen-bond acceptors (Lipinski definition) is 2. The molecule has 6 nitrogen and oxygen atoms in total. The van der Waals surface area contributed by atoms with Crippen LogP contribution < -0.4 is 11.5 Å². The zero-order valence-corrected chi connectivity index (χ0v) is 20.0. The Hall–Kier alpha value is -1.79. The predicted molar refractivity (Wildman–Crippen MR) is 133 cm³/mol. The third-order valence-electron chi connectivity index (χ3n) is 5.21. The van der Waals surface area contributed by atoms with Crippen molar-refractivity contribution in [3.05, 3.63) is 35.9 Å². The van der Waals surface area contributed by atoms with Crippen molar-refractivity contribution >= 4 is 23.7 Å². The molecule has 0 bridgehead atoms. The molecule has 0 saturated carbocycles. The highest BCUT2D eigenvalue weighted by atomic mass is 35.5. The van der Waals surface area contributed by atoms with E-state index in [1.807, 2.05) is 23.1 Å². The second-order valence-corrected chi connectivity index (χ2v) is 8.14. The first kappa shape index (κ1) is 27.2. The van der Waals surface area contributed by atoms with Gasteiger partial charge >= 0.3 is 0 Å². The highest BCUT2D eigenvalue weighted by Gasteiger charge is 2.09. The average molecular weight is 452 g/mol. The number of hydrogen-bond donors (Lipinski definition) is 2. The molecule has 1 aromatic rings. The molecule has 0 aliphatic heterocycles. The van der Waals surface area contributed by atoms with E-state index in [-0.39, 0.29) is 5.96 Å². The van der Waals surface area contributed by atoms with Gasteiger partial charge in [0, 0.05) is 38.1 Å². The lowest BCUT2D eigenvalue weighted by atomic mass is 10.1. The van der Waals surface area contributed by atoms with E-state index in [2.05, 4.69) is 28.6 Å². The molecular formula is C24H42ClN5O. The van der Waals surface area contributed by atoms with E-state index < -0.39 is 0 Å². The quantitative estimate of drug-likeness (QED) is 0.183. The van der Waals surface area contributed by atoms with Crippen LogP contribution in [-0.4, -0.2) is 36.6 Å². The molecular weight excluding hydrogens is 410 g/mol. The average Bonchev–Trinajstić information content (AvgIpc) is 2.79. The highest BCUT2D eigenvalue weighted by Crippen LogP contribution is 2.10. The SMILES string of the molecule is CCCCCCCCCCCCOCCCN(Cc1ccccc1)C(N)=NC(N)=NCl. The van der Waals surface area contributed by atoms with Crippen LogP contribution in [0, 0.1) is 0 Å². The van der Waals surface area contributed by atoms with Crippen LogP contribution >= 0.6 is 11.8 Å². The van der Waals surface area contributed by atoms with E-state index in [9.17, 15) is 0 Å². The summed E-state index contributed by atoms with van der Waals surface area (Å²) in [6.07, 6.45) is 14.2. The zero-order valence-electron chi connectivity index (χ0n) is 19.3. The van der Waals surface area contributed by atoms with Crippen molar-refractivity contribution in [1.82, 2.24) is 4.90 Å². The van der Waals surface area contributed by atoms with Crippen molar-refractivity contribution in [3.8, 4) is 0 Å². The first-order chi connectivity index (χ1) is 15.2. The third kappa shape index (κ3) is 14.8. The molecule has 0 atom stereocenters. The van der Waals surface area contributed by atoms with Gasteiger partial charge in [-0.1, -0.05) is 95.0 Å². The van der Waals surface area contributed by atoms with Crippen LogP contribution in [-0.2, 0) is 11.3 Å². The Labute approximate surface area is 194 Å². The summed E-state index contributed by atoms with van der Waals surface area (Å²) in [5.41, 5.74) is 12.8. The summed E-state index contributed by atoms with van der Waals surface area (Å²) in [6.45, 7) is 5.16. The van der Waals surface area contributed by atoms with Crippen LogP contribution in [0.5, 0.6) is 0 Å². The van der Waals surface area contributed by atoms with Gasteiger partial charge in [0.05, 0.1) is 0 Å². The maximum atomic E-state index is 6.11. The molecule has 0 saturated heterocycles. The van der Waals surface area contributed by atoms with Crippen LogP contribution in [0.2, 0.25) is 0 Å². The van der Waals surface area contributed by atoms with E-state index in [0.29, 0.717) is 19.1 Å². The Bertz CT molecular complexity index is 609. The smallest absolute Gasteiger partial charge is 0.235 e. The van der Waals surface area contributed by atoms with Gasteiger partial charge < -0.3 is 21.1 Å². The summed E-state index contributed by atoms with van der Waals surface area (Å²) >= 11 is 5.36. The number of rotatable bonds is 17. The van der Waals surface area contributed by atoms with E-state index in [1.54, 1.807) is 0 Å². The van der Waals surface area contributed by atoms with Crippen LogP contribution in [0.4, 0.5) is 0 Å². The Morgan fingerprint density at radius 1 is 0.871 bits per heavy atom. The van der Waals surface area contributed by atoms with Crippen molar-refractivity contribution in [2.45, 2.75) is 84.1 Å². The fourth-order valence-corrected chi connectivity index (χ4v) is 3.47. The van der Waals surface area contributed by atoms with Gasteiger partial charge in [-0.05, 0) is 18.4 Å². The minimum absolute atomic E-state index is 0.0468. The van der Waals surface area contributed by atoms with Crippen LogP contribution in [0.3, 0.4) is 0 Å². The zero-order chi connectivity index (χ0) is 22.6. The first-order valence-corrected chi connectivity index (χ1v) is 12.2. The molecule has 0 amide bonds. The van der Waals surface area contributed by atoms with Crippen LogP contribution in [0.1, 0.15) is 83.1 Å². The van der Waals surface area contributed by atoms with E-state index in [4.69, 9.17) is 28.0 Å². The van der Waals surface area contributed by atoms with Gasteiger partial charge in [-0.3, -0.25) is 0 Å². The molecule has 0 heterocycles. The topological polar surface area (TPSA) is 89.2 Å². The molecule has 1 aromatic carbocycles. The molecule has 0 unspecified atom stereocenters. The number of nitrogens with two attached hydrogens (primary N) is 2. The molecule has 0 spiro atoms. The predicted octanol–water partition coefficient (Wildman–Crippen LogP) is 5.60. The second-order valence-electron chi connectivity index (χ2n) is 7.97. The summed E-state index contributed by atoms with van der Waals surface area (Å²) in [7, 11) is 0. The maximum Gasteiger partial charge on any atom is 0.235 e. The lowest BCUT2D eigenvalue weighted by Crippen LogP contribution is -2.39. The molecule has 31 heavy (non-hydrogen) atoms. The Balaban J connectivity index is 2.17. The van der Waals surface area contributed by atoms with Crippen molar-refractivity contribution in [2.24, 2.45) is 21.0 Å². The number of nitrogens with zero attached hydrogens (tertiary/aromatic N) is 3. The molecule has 0 aliphatic rings. The summed E-state index contributed by atoms with van der Waals surface area (Å²) in [6, 6.07) is 10.1. The third-order valence-corrected chi connectivity index (χ3v) is 5.39. The van der Waals surface area contributed by atoms with E-state index >= 15 is 0 Å². The lowest BCUT2D eigenvalue weighted by molar-refractivity contribution is 0.122. The monoisotopic (exact) mass is 451 g/mol. The first-order valence-electron chi connectivity index (χ1n) is 11.8.